The van der Waals surface area contributed by atoms with Gasteiger partial charge in [-0.05, 0) is 97.9 Å². The highest BCUT2D eigenvalue weighted by atomic mass is 16.3. The molecule has 0 bridgehead atoms. The average Bonchev–Trinajstić information content (AvgIpc) is 3.87. The van der Waals surface area contributed by atoms with E-state index in [0.717, 1.165) is 44.6 Å². The maximum atomic E-state index is 6.41. The van der Waals surface area contributed by atoms with E-state index < -0.39 is 5.41 Å². The van der Waals surface area contributed by atoms with E-state index in [1.807, 2.05) is 6.07 Å². The molecule has 1 aliphatic carbocycles. The fraction of sp³-hybridized carbons (Fsp3) is 0.0169. The third-order valence-corrected chi connectivity index (χ3v) is 12.7. The SMILES string of the molecule is c1ccc(-c2ccc(N(c3cccc(-c4cccc5ccc6oc7ccccc7c6c45)c3)c3cccc4c3-c3ccccc3C4(c3ccccc3)c3ccccc3)cc2)cc1. The van der Waals surface area contributed by atoms with Crippen LogP contribution in [0.5, 0.6) is 0 Å². The van der Waals surface area contributed by atoms with Crippen LogP contribution in [-0.4, -0.2) is 0 Å². The maximum absolute atomic E-state index is 6.41. The minimum absolute atomic E-state index is 0.517. The van der Waals surface area contributed by atoms with Crippen LogP contribution in [-0.2, 0) is 5.41 Å². The molecule has 0 saturated heterocycles. The molecular weight excluding hydrogens is 739 g/mol. The zero-order chi connectivity index (χ0) is 40.3. The highest BCUT2D eigenvalue weighted by Crippen LogP contribution is 2.59. The van der Waals surface area contributed by atoms with Crippen molar-refractivity contribution in [2.45, 2.75) is 5.41 Å². The summed E-state index contributed by atoms with van der Waals surface area (Å²) in [7, 11) is 0. The first-order valence-electron chi connectivity index (χ1n) is 21.0. The molecule has 11 aromatic rings. The molecule has 12 rings (SSSR count). The van der Waals surface area contributed by atoms with Crippen LogP contribution in [0.3, 0.4) is 0 Å². The number of para-hydroxylation sites is 1. The van der Waals surface area contributed by atoms with Gasteiger partial charge in [-0.3, -0.25) is 0 Å². The second-order valence-electron chi connectivity index (χ2n) is 16.0. The summed E-state index contributed by atoms with van der Waals surface area (Å²) in [6, 6.07) is 86.1. The quantitative estimate of drug-likeness (QED) is 0.160. The van der Waals surface area contributed by atoms with E-state index in [4.69, 9.17) is 4.42 Å². The molecule has 1 aromatic heterocycles. The van der Waals surface area contributed by atoms with Crippen LogP contribution in [0.15, 0.2) is 241 Å². The molecule has 0 aliphatic heterocycles. The molecule has 0 spiro atoms. The van der Waals surface area contributed by atoms with Crippen LogP contribution in [0.25, 0.3) is 66.1 Å². The van der Waals surface area contributed by atoms with Crippen molar-refractivity contribution < 1.29 is 4.42 Å². The Morgan fingerprint density at radius 2 is 0.967 bits per heavy atom. The zero-order valence-electron chi connectivity index (χ0n) is 33.4. The number of fused-ring (bicyclic) bond motifs is 8. The lowest BCUT2D eigenvalue weighted by atomic mass is 9.68. The molecule has 0 saturated carbocycles. The first-order valence-corrected chi connectivity index (χ1v) is 21.0. The maximum Gasteiger partial charge on any atom is 0.136 e. The predicted molar refractivity (Wildman–Crippen MR) is 254 cm³/mol. The Morgan fingerprint density at radius 3 is 1.75 bits per heavy atom. The second kappa shape index (κ2) is 14.1. The second-order valence-corrected chi connectivity index (χ2v) is 16.0. The van der Waals surface area contributed by atoms with Gasteiger partial charge in [0, 0.05) is 33.1 Å². The van der Waals surface area contributed by atoms with Crippen LogP contribution in [0.4, 0.5) is 17.1 Å². The standard InChI is InChI=1S/C59H39NO/c1-4-17-40(18-5-1)41-33-36-46(37-34-41)60(47-25-14-20-43(39-47)48-28-15-19-42-35-38-55-58(56(42)48)50-27-11-13-32-54(50)61-55)53-31-16-30-52-57(53)49-26-10-12-29-51(49)59(52,44-21-6-2-7-22-44)45-23-8-3-9-24-45/h1-39H. The topological polar surface area (TPSA) is 16.4 Å². The van der Waals surface area contributed by atoms with Crippen LogP contribution in [0.2, 0.25) is 0 Å². The van der Waals surface area contributed by atoms with Gasteiger partial charge in [-0.1, -0.05) is 194 Å². The van der Waals surface area contributed by atoms with Gasteiger partial charge in [-0.15, -0.1) is 0 Å². The van der Waals surface area contributed by atoms with Crippen LogP contribution in [0, 0.1) is 0 Å². The van der Waals surface area contributed by atoms with Gasteiger partial charge < -0.3 is 9.32 Å². The molecule has 1 aliphatic rings. The molecule has 0 atom stereocenters. The lowest BCUT2D eigenvalue weighted by Gasteiger charge is -2.34. The van der Waals surface area contributed by atoms with E-state index in [0.29, 0.717) is 0 Å². The van der Waals surface area contributed by atoms with E-state index in [1.54, 1.807) is 0 Å². The van der Waals surface area contributed by atoms with Gasteiger partial charge in [0.05, 0.1) is 11.1 Å². The molecule has 2 heteroatoms. The summed E-state index contributed by atoms with van der Waals surface area (Å²) < 4.78 is 6.41. The van der Waals surface area contributed by atoms with Crippen LogP contribution < -0.4 is 4.90 Å². The Bertz CT molecular complexity index is 3360. The van der Waals surface area contributed by atoms with E-state index in [1.165, 1.54) is 60.8 Å². The number of nitrogens with zero attached hydrogens (tertiary/aromatic N) is 1. The lowest BCUT2D eigenvalue weighted by molar-refractivity contribution is 0.669. The molecule has 61 heavy (non-hydrogen) atoms. The molecule has 0 fully saturated rings. The molecule has 0 radical (unpaired) electrons. The van der Waals surface area contributed by atoms with Crippen molar-refractivity contribution in [2.75, 3.05) is 4.90 Å². The van der Waals surface area contributed by atoms with E-state index in [9.17, 15) is 0 Å². The van der Waals surface area contributed by atoms with Crippen molar-refractivity contribution in [3.05, 3.63) is 259 Å². The molecular formula is C59H39NO. The summed E-state index contributed by atoms with van der Waals surface area (Å²) in [6.45, 7) is 0. The van der Waals surface area contributed by atoms with Crippen molar-refractivity contribution in [2.24, 2.45) is 0 Å². The van der Waals surface area contributed by atoms with Gasteiger partial charge in [0.25, 0.3) is 0 Å². The Morgan fingerprint density at radius 1 is 0.361 bits per heavy atom. The van der Waals surface area contributed by atoms with E-state index >= 15 is 0 Å². The molecule has 0 unspecified atom stereocenters. The van der Waals surface area contributed by atoms with Crippen molar-refractivity contribution in [1.82, 2.24) is 0 Å². The van der Waals surface area contributed by atoms with Crippen molar-refractivity contribution in [3.8, 4) is 33.4 Å². The molecule has 2 nitrogen and oxygen atoms in total. The summed E-state index contributed by atoms with van der Waals surface area (Å²) in [4.78, 5) is 2.47. The highest BCUT2D eigenvalue weighted by Gasteiger charge is 2.47. The third-order valence-electron chi connectivity index (χ3n) is 12.7. The van der Waals surface area contributed by atoms with Gasteiger partial charge in [0.1, 0.15) is 11.2 Å². The summed E-state index contributed by atoms with van der Waals surface area (Å²) in [6.07, 6.45) is 0. The zero-order valence-corrected chi connectivity index (χ0v) is 33.4. The van der Waals surface area contributed by atoms with Crippen LogP contribution in [0.1, 0.15) is 22.3 Å². The lowest BCUT2D eigenvalue weighted by Crippen LogP contribution is -2.28. The molecule has 286 valence electrons. The van der Waals surface area contributed by atoms with Gasteiger partial charge in [-0.25, -0.2) is 0 Å². The van der Waals surface area contributed by atoms with Gasteiger partial charge >= 0.3 is 0 Å². The van der Waals surface area contributed by atoms with Gasteiger partial charge in [0.15, 0.2) is 0 Å². The largest absolute Gasteiger partial charge is 0.456 e. The van der Waals surface area contributed by atoms with Crippen molar-refractivity contribution in [1.29, 1.82) is 0 Å². The Balaban J connectivity index is 1.12. The minimum atomic E-state index is -0.517. The van der Waals surface area contributed by atoms with Gasteiger partial charge in [0.2, 0.25) is 0 Å². The average molecular weight is 778 g/mol. The van der Waals surface area contributed by atoms with Crippen molar-refractivity contribution >= 4 is 49.8 Å². The summed E-state index contributed by atoms with van der Waals surface area (Å²) in [5.74, 6) is 0. The Kier molecular flexibility index (Phi) is 8.11. The van der Waals surface area contributed by atoms with Crippen molar-refractivity contribution in [3.63, 3.8) is 0 Å². The molecule has 10 aromatic carbocycles. The van der Waals surface area contributed by atoms with Crippen LogP contribution >= 0.6 is 0 Å². The summed E-state index contributed by atoms with van der Waals surface area (Å²) >= 11 is 0. The number of anilines is 3. The summed E-state index contributed by atoms with van der Waals surface area (Å²) in [5, 5.41) is 4.67. The number of rotatable bonds is 7. The highest BCUT2D eigenvalue weighted by molar-refractivity contribution is 6.23. The smallest absolute Gasteiger partial charge is 0.136 e. The van der Waals surface area contributed by atoms with E-state index in [2.05, 4.69) is 235 Å². The molecule has 0 N–H and O–H groups in total. The normalized spacial score (nSPS) is 12.7. The summed E-state index contributed by atoms with van der Waals surface area (Å²) in [5.41, 5.74) is 16.8. The minimum Gasteiger partial charge on any atom is -0.456 e. The third kappa shape index (κ3) is 5.43. The monoisotopic (exact) mass is 777 g/mol. The number of hydrogen-bond acceptors (Lipinski definition) is 2. The first kappa shape index (κ1) is 35.0. The Hall–Kier alpha value is -7.94. The number of hydrogen-bond donors (Lipinski definition) is 0. The predicted octanol–water partition coefficient (Wildman–Crippen LogP) is 15.9. The molecule has 1 heterocycles. The Labute approximate surface area is 355 Å². The molecule has 0 amide bonds. The van der Waals surface area contributed by atoms with Gasteiger partial charge in [-0.2, -0.15) is 0 Å². The fourth-order valence-electron chi connectivity index (χ4n) is 10.2. The van der Waals surface area contributed by atoms with E-state index in [-0.39, 0.29) is 0 Å². The fourth-order valence-corrected chi connectivity index (χ4v) is 10.2. The first-order chi connectivity index (χ1) is 30.3. The number of benzene rings is 10. The number of furan rings is 1.